The van der Waals surface area contributed by atoms with E-state index < -0.39 is 22.0 Å². The van der Waals surface area contributed by atoms with Crippen LogP contribution >= 0.6 is 23.2 Å². The Kier molecular flexibility index (Phi) is 6.97. The Balaban J connectivity index is 2.39. The molecule has 27 heavy (non-hydrogen) atoms. The van der Waals surface area contributed by atoms with E-state index in [4.69, 9.17) is 27.9 Å². The first-order chi connectivity index (χ1) is 12.7. The van der Waals surface area contributed by atoms with Gasteiger partial charge in [-0.25, -0.2) is 8.42 Å². The summed E-state index contributed by atoms with van der Waals surface area (Å²) >= 11 is 12.0. The van der Waals surface area contributed by atoms with Crippen LogP contribution in [0.25, 0.3) is 0 Å². The number of hydrogen-bond acceptors (Lipinski definition) is 4. The van der Waals surface area contributed by atoms with Gasteiger partial charge in [-0.1, -0.05) is 36.2 Å². The molecular formula is C18H20Cl2N2O4S. The average Bonchev–Trinajstić information content (AvgIpc) is 2.61. The molecule has 0 aromatic heterocycles. The minimum atomic E-state index is -3.76. The molecule has 1 amide bonds. The number of carbonyl (C=O) groups is 1. The zero-order valence-corrected chi connectivity index (χ0v) is 17.4. The number of anilines is 2. The minimum Gasteiger partial charge on any atom is -0.497 e. The van der Waals surface area contributed by atoms with E-state index in [-0.39, 0.29) is 17.1 Å². The number of ether oxygens (including phenoxy) is 1. The highest BCUT2D eigenvalue weighted by molar-refractivity contribution is 7.92. The summed E-state index contributed by atoms with van der Waals surface area (Å²) in [5, 5.41) is 3.23. The summed E-state index contributed by atoms with van der Waals surface area (Å²) in [6.45, 7) is 1.73. The Bertz CT molecular complexity index is 935. The highest BCUT2D eigenvalue weighted by Crippen LogP contribution is 2.30. The number of carbonyl (C=O) groups excluding carboxylic acids is 1. The maximum absolute atomic E-state index is 12.8. The highest BCUT2D eigenvalue weighted by atomic mass is 35.5. The fraction of sp³-hybridized carbons (Fsp3) is 0.278. The fourth-order valence-electron chi connectivity index (χ4n) is 2.61. The minimum absolute atomic E-state index is 0.200. The molecule has 0 aliphatic heterocycles. The van der Waals surface area contributed by atoms with Crippen molar-refractivity contribution in [2.24, 2.45) is 0 Å². The van der Waals surface area contributed by atoms with Crippen molar-refractivity contribution < 1.29 is 17.9 Å². The zero-order valence-electron chi connectivity index (χ0n) is 15.1. The number of amides is 1. The molecule has 0 radical (unpaired) electrons. The predicted molar refractivity (Wildman–Crippen MR) is 109 cm³/mol. The number of halogens is 2. The van der Waals surface area contributed by atoms with Gasteiger partial charge in [0, 0.05) is 11.8 Å². The van der Waals surface area contributed by atoms with Crippen molar-refractivity contribution in [3.63, 3.8) is 0 Å². The van der Waals surface area contributed by atoms with Crippen LogP contribution in [0.1, 0.15) is 13.3 Å². The summed E-state index contributed by atoms with van der Waals surface area (Å²) in [5.74, 6) is 0.104. The Morgan fingerprint density at radius 2 is 1.89 bits per heavy atom. The van der Waals surface area contributed by atoms with Gasteiger partial charge in [-0.05, 0) is 36.8 Å². The number of benzene rings is 2. The molecule has 146 valence electrons. The molecule has 0 aliphatic rings. The molecule has 0 fully saturated rings. The molecule has 0 bridgehead atoms. The van der Waals surface area contributed by atoms with Gasteiger partial charge in [-0.3, -0.25) is 9.10 Å². The Hall–Kier alpha value is -1.96. The number of methoxy groups -OCH3 is 1. The van der Waals surface area contributed by atoms with E-state index in [1.54, 1.807) is 31.2 Å². The molecule has 0 unspecified atom stereocenters. The second-order valence-corrected chi connectivity index (χ2v) is 8.48. The third-order valence-electron chi connectivity index (χ3n) is 3.82. The first-order valence-electron chi connectivity index (χ1n) is 8.06. The van der Waals surface area contributed by atoms with Crippen LogP contribution in [0.4, 0.5) is 11.4 Å². The Morgan fingerprint density at radius 3 is 2.44 bits per heavy atom. The normalized spacial score (nSPS) is 12.3. The summed E-state index contributed by atoms with van der Waals surface area (Å²) in [6.07, 6.45) is 1.29. The van der Waals surface area contributed by atoms with Gasteiger partial charge in [0.15, 0.2) is 0 Å². The number of sulfonamides is 1. The van der Waals surface area contributed by atoms with Crippen molar-refractivity contribution in [3.05, 3.63) is 52.5 Å². The van der Waals surface area contributed by atoms with Gasteiger partial charge in [0.25, 0.3) is 0 Å². The van der Waals surface area contributed by atoms with E-state index >= 15 is 0 Å². The third-order valence-corrected chi connectivity index (χ3v) is 5.74. The monoisotopic (exact) mass is 430 g/mol. The molecule has 0 saturated heterocycles. The summed E-state index contributed by atoms with van der Waals surface area (Å²) < 4.78 is 31.1. The number of nitrogens with zero attached hydrogens (tertiary/aromatic N) is 1. The first-order valence-corrected chi connectivity index (χ1v) is 10.7. The average molecular weight is 431 g/mol. The molecule has 0 saturated carbocycles. The van der Waals surface area contributed by atoms with Crippen LogP contribution in [0.5, 0.6) is 5.75 Å². The summed E-state index contributed by atoms with van der Waals surface area (Å²) in [4.78, 5) is 12.8. The topological polar surface area (TPSA) is 75.7 Å². The van der Waals surface area contributed by atoms with Crippen molar-refractivity contribution in [1.82, 2.24) is 0 Å². The molecule has 1 atom stereocenters. The van der Waals surface area contributed by atoms with Crippen LogP contribution in [0.2, 0.25) is 10.0 Å². The SMILES string of the molecule is CC[C@@H](C(=O)Nc1cccc(OC)c1)N(c1ccc(Cl)c(Cl)c1)S(C)(=O)=O. The molecule has 0 aliphatic carbocycles. The van der Waals surface area contributed by atoms with Crippen molar-refractivity contribution in [3.8, 4) is 5.75 Å². The zero-order chi connectivity index (χ0) is 20.2. The van der Waals surface area contributed by atoms with Gasteiger partial charge in [0.1, 0.15) is 11.8 Å². The molecule has 2 aromatic carbocycles. The second-order valence-electron chi connectivity index (χ2n) is 5.80. The largest absolute Gasteiger partial charge is 0.497 e. The van der Waals surface area contributed by atoms with E-state index in [1.165, 1.54) is 25.3 Å². The lowest BCUT2D eigenvalue weighted by Gasteiger charge is -2.30. The fourth-order valence-corrected chi connectivity index (χ4v) is 4.10. The smallest absolute Gasteiger partial charge is 0.248 e. The lowest BCUT2D eigenvalue weighted by Crippen LogP contribution is -2.47. The maximum atomic E-state index is 12.8. The van der Waals surface area contributed by atoms with Crippen LogP contribution in [0, 0.1) is 0 Å². The maximum Gasteiger partial charge on any atom is 0.248 e. The summed E-state index contributed by atoms with van der Waals surface area (Å²) in [7, 11) is -2.24. The van der Waals surface area contributed by atoms with E-state index in [2.05, 4.69) is 5.32 Å². The quantitative estimate of drug-likeness (QED) is 0.714. The molecule has 6 nitrogen and oxygen atoms in total. The van der Waals surface area contributed by atoms with Crippen LogP contribution in [0.3, 0.4) is 0 Å². The lowest BCUT2D eigenvalue weighted by molar-refractivity contribution is -0.117. The molecule has 0 heterocycles. The first kappa shape index (κ1) is 21.3. The van der Waals surface area contributed by atoms with Crippen LogP contribution < -0.4 is 14.4 Å². The van der Waals surface area contributed by atoms with Gasteiger partial charge in [-0.2, -0.15) is 0 Å². The van der Waals surface area contributed by atoms with Gasteiger partial charge in [0.2, 0.25) is 15.9 Å². The van der Waals surface area contributed by atoms with E-state index in [0.717, 1.165) is 10.6 Å². The van der Waals surface area contributed by atoms with E-state index in [9.17, 15) is 13.2 Å². The number of rotatable bonds is 7. The van der Waals surface area contributed by atoms with Gasteiger partial charge < -0.3 is 10.1 Å². The Labute approximate surface area is 169 Å². The molecule has 0 spiro atoms. The van der Waals surface area contributed by atoms with Gasteiger partial charge >= 0.3 is 0 Å². The van der Waals surface area contributed by atoms with Crippen LogP contribution in [0.15, 0.2) is 42.5 Å². The molecule has 9 heteroatoms. The van der Waals surface area contributed by atoms with Crippen molar-refractivity contribution in [2.75, 3.05) is 23.0 Å². The van der Waals surface area contributed by atoms with Crippen LogP contribution in [-0.4, -0.2) is 33.7 Å². The van der Waals surface area contributed by atoms with E-state index in [1.807, 2.05) is 0 Å². The van der Waals surface area contributed by atoms with Crippen molar-refractivity contribution in [2.45, 2.75) is 19.4 Å². The van der Waals surface area contributed by atoms with Crippen LogP contribution in [-0.2, 0) is 14.8 Å². The summed E-state index contributed by atoms with van der Waals surface area (Å²) in [6, 6.07) is 10.3. The highest BCUT2D eigenvalue weighted by Gasteiger charge is 2.32. The molecule has 2 aromatic rings. The van der Waals surface area contributed by atoms with E-state index in [0.29, 0.717) is 16.5 Å². The van der Waals surface area contributed by atoms with Gasteiger partial charge in [-0.15, -0.1) is 0 Å². The molecule has 1 N–H and O–H groups in total. The second kappa shape index (κ2) is 8.82. The summed E-state index contributed by atoms with van der Waals surface area (Å²) in [5.41, 5.74) is 0.764. The molecule has 2 rings (SSSR count). The lowest BCUT2D eigenvalue weighted by atomic mass is 10.1. The standard InChI is InChI=1S/C18H20Cl2N2O4S/c1-4-17(18(23)21-12-6-5-7-14(10-12)26-2)22(27(3,24)25)13-8-9-15(19)16(20)11-13/h5-11,17H,4H2,1-3H3,(H,21,23)/t17-/m0/s1. The van der Waals surface area contributed by atoms with Crippen molar-refractivity contribution >= 4 is 50.5 Å². The molecular weight excluding hydrogens is 411 g/mol. The third kappa shape index (κ3) is 5.28. The van der Waals surface area contributed by atoms with Crippen molar-refractivity contribution in [1.29, 1.82) is 0 Å². The van der Waals surface area contributed by atoms with Gasteiger partial charge in [0.05, 0.1) is 29.1 Å². The number of hydrogen-bond donors (Lipinski definition) is 1. The number of nitrogens with one attached hydrogen (secondary N) is 1. The Morgan fingerprint density at radius 1 is 1.19 bits per heavy atom. The predicted octanol–water partition coefficient (Wildman–Crippen LogP) is 4.19.